The summed E-state index contributed by atoms with van der Waals surface area (Å²) in [5.41, 5.74) is 8.00. The Morgan fingerprint density at radius 3 is 3.10 bits per heavy atom. The Bertz CT molecular complexity index is 735. The van der Waals surface area contributed by atoms with Crippen LogP contribution in [0.25, 0.3) is 10.9 Å². The van der Waals surface area contributed by atoms with Gasteiger partial charge in [0.1, 0.15) is 0 Å². The highest BCUT2D eigenvalue weighted by Crippen LogP contribution is 2.18. The number of aromatic nitrogens is 3. The maximum Gasteiger partial charge on any atom is 0.237 e. The lowest BCUT2D eigenvalue weighted by Crippen LogP contribution is -2.41. The van der Waals surface area contributed by atoms with Gasteiger partial charge in [-0.05, 0) is 18.1 Å². The number of nitrogens with one attached hydrogen (secondary N) is 2. The first-order valence-electron chi connectivity index (χ1n) is 6.57. The van der Waals surface area contributed by atoms with Crippen LogP contribution in [-0.2, 0) is 17.8 Å². The number of nitrogens with two attached hydrogens (primary N) is 1. The maximum absolute atomic E-state index is 12.0. The van der Waals surface area contributed by atoms with Gasteiger partial charge in [0, 0.05) is 17.1 Å². The van der Waals surface area contributed by atoms with E-state index in [1.165, 1.54) is 6.39 Å². The number of rotatable bonds is 5. The van der Waals surface area contributed by atoms with Crippen LogP contribution in [0, 0.1) is 0 Å². The quantitative estimate of drug-likeness (QED) is 0.640. The highest BCUT2D eigenvalue weighted by atomic mass is 16.5. The van der Waals surface area contributed by atoms with Gasteiger partial charge in [0.25, 0.3) is 0 Å². The van der Waals surface area contributed by atoms with Crippen molar-refractivity contribution in [3.8, 4) is 0 Å². The summed E-state index contributed by atoms with van der Waals surface area (Å²) in [6, 6.07) is 7.28. The second-order valence-electron chi connectivity index (χ2n) is 4.74. The third-order valence-corrected chi connectivity index (χ3v) is 3.28. The minimum Gasteiger partial charge on any atom is -0.361 e. The second kappa shape index (κ2) is 5.76. The number of benzene rings is 1. The van der Waals surface area contributed by atoms with Crippen LogP contribution in [0.3, 0.4) is 0 Å². The Balaban J connectivity index is 1.62. The van der Waals surface area contributed by atoms with Crippen LogP contribution in [0.15, 0.2) is 41.4 Å². The highest BCUT2D eigenvalue weighted by molar-refractivity contribution is 5.86. The second-order valence-corrected chi connectivity index (χ2v) is 4.74. The van der Waals surface area contributed by atoms with E-state index >= 15 is 0 Å². The van der Waals surface area contributed by atoms with Crippen molar-refractivity contribution in [1.82, 2.24) is 20.4 Å². The Morgan fingerprint density at radius 2 is 2.29 bits per heavy atom. The Kier molecular flexibility index (Phi) is 3.65. The molecule has 2 aromatic heterocycles. The SMILES string of the molecule is N[C@H](Cc1c[nH]c2ccccc12)C(=O)NCc1ncon1. The first kappa shape index (κ1) is 13.3. The molecule has 1 atom stereocenters. The zero-order valence-electron chi connectivity index (χ0n) is 11.2. The van der Waals surface area contributed by atoms with Crippen molar-refractivity contribution in [3.63, 3.8) is 0 Å². The standard InChI is InChI=1S/C14H15N5O2/c15-11(14(20)17-7-13-18-8-21-19-13)5-9-6-16-12-4-2-1-3-10(9)12/h1-4,6,8,11,16H,5,7,15H2,(H,17,20)/t11-/m1/s1. The van der Waals surface area contributed by atoms with Crippen LogP contribution in [-0.4, -0.2) is 27.1 Å². The number of hydrogen-bond donors (Lipinski definition) is 3. The predicted molar refractivity (Wildman–Crippen MR) is 76.1 cm³/mol. The number of H-pyrrole nitrogens is 1. The molecule has 0 aliphatic rings. The van der Waals surface area contributed by atoms with Crippen molar-refractivity contribution in [3.05, 3.63) is 48.2 Å². The lowest BCUT2D eigenvalue weighted by molar-refractivity contribution is -0.122. The smallest absolute Gasteiger partial charge is 0.237 e. The van der Waals surface area contributed by atoms with Gasteiger partial charge in [0.05, 0.1) is 12.6 Å². The molecule has 0 spiro atoms. The third kappa shape index (κ3) is 2.92. The average molecular weight is 285 g/mol. The summed E-state index contributed by atoms with van der Waals surface area (Å²) in [7, 11) is 0. The van der Waals surface area contributed by atoms with Gasteiger partial charge in [-0.1, -0.05) is 23.4 Å². The number of hydrogen-bond acceptors (Lipinski definition) is 5. The molecule has 0 aliphatic heterocycles. The number of carbonyl (C=O) groups is 1. The van der Waals surface area contributed by atoms with Gasteiger partial charge < -0.3 is 20.6 Å². The molecule has 1 amide bonds. The van der Waals surface area contributed by atoms with Crippen molar-refractivity contribution in [1.29, 1.82) is 0 Å². The number of para-hydroxylation sites is 1. The van der Waals surface area contributed by atoms with Gasteiger partial charge in [0.15, 0.2) is 5.82 Å². The van der Waals surface area contributed by atoms with Crippen LogP contribution in [0.2, 0.25) is 0 Å². The normalized spacial score (nSPS) is 12.4. The minimum atomic E-state index is -0.629. The van der Waals surface area contributed by atoms with Gasteiger partial charge >= 0.3 is 0 Å². The van der Waals surface area contributed by atoms with E-state index in [1.54, 1.807) is 0 Å². The molecular weight excluding hydrogens is 270 g/mol. The third-order valence-electron chi connectivity index (χ3n) is 3.28. The first-order valence-corrected chi connectivity index (χ1v) is 6.57. The van der Waals surface area contributed by atoms with E-state index < -0.39 is 6.04 Å². The predicted octanol–water partition coefficient (Wildman–Crippen LogP) is 0.737. The molecular formula is C14H15N5O2. The molecule has 0 aliphatic carbocycles. The zero-order chi connectivity index (χ0) is 14.7. The highest BCUT2D eigenvalue weighted by Gasteiger charge is 2.16. The topological polar surface area (TPSA) is 110 Å². The lowest BCUT2D eigenvalue weighted by atomic mass is 10.1. The molecule has 7 nitrogen and oxygen atoms in total. The van der Waals surface area contributed by atoms with E-state index in [9.17, 15) is 4.79 Å². The number of carbonyl (C=O) groups excluding carboxylic acids is 1. The van der Waals surface area contributed by atoms with Gasteiger partial charge in [-0.3, -0.25) is 4.79 Å². The molecule has 2 heterocycles. The van der Waals surface area contributed by atoms with Crippen molar-refractivity contribution in [2.75, 3.05) is 0 Å². The number of fused-ring (bicyclic) bond motifs is 1. The summed E-state index contributed by atoms with van der Waals surface area (Å²) < 4.78 is 4.59. The van der Waals surface area contributed by atoms with E-state index in [0.717, 1.165) is 16.5 Å². The monoisotopic (exact) mass is 285 g/mol. The van der Waals surface area contributed by atoms with Crippen LogP contribution < -0.4 is 11.1 Å². The summed E-state index contributed by atoms with van der Waals surface area (Å²) in [5, 5.41) is 7.39. The van der Waals surface area contributed by atoms with Crippen molar-refractivity contribution < 1.29 is 9.32 Å². The minimum absolute atomic E-state index is 0.205. The fourth-order valence-electron chi connectivity index (χ4n) is 2.20. The summed E-state index contributed by atoms with van der Waals surface area (Å²) in [6.07, 6.45) is 3.56. The first-order chi connectivity index (χ1) is 10.2. The molecule has 0 saturated carbocycles. The van der Waals surface area contributed by atoms with Crippen LogP contribution in [0.4, 0.5) is 0 Å². The fraction of sp³-hybridized carbons (Fsp3) is 0.214. The molecule has 0 radical (unpaired) electrons. The van der Waals surface area contributed by atoms with E-state index in [4.69, 9.17) is 5.73 Å². The Labute approximate surface area is 120 Å². The molecule has 3 aromatic rings. The van der Waals surface area contributed by atoms with E-state index in [0.29, 0.717) is 12.2 Å². The Morgan fingerprint density at radius 1 is 1.43 bits per heavy atom. The summed E-state index contributed by atoms with van der Waals surface area (Å²) >= 11 is 0. The number of nitrogens with zero attached hydrogens (tertiary/aromatic N) is 2. The van der Waals surface area contributed by atoms with Crippen LogP contribution >= 0.6 is 0 Å². The summed E-state index contributed by atoms with van der Waals surface area (Å²) in [6.45, 7) is 0.205. The lowest BCUT2D eigenvalue weighted by Gasteiger charge is -2.10. The van der Waals surface area contributed by atoms with E-state index in [1.807, 2.05) is 30.5 Å². The fourth-order valence-corrected chi connectivity index (χ4v) is 2.20. The van der Waals surface area contributed by atoms with Gasteiger partial charge in [-0.15, -0.1) is 0 Å². The van der Waals surface area contributed by atoms with Gasteiger partial charge in [-0.25, -0.2) is 0 Å². The van der Waals surface area contributed by atoms with E-state index in [2.05, 4.69) is 25.0 Å². The van der Waals surface area contributed by atoms with Gasteiger partial charge in [-0.2, -0.15) is 4.98 Å². The molecule has 0 unspecified atom stereocenters. The molecule has 1 aromatic carbocycles. The molecule has 3 rings (SSSR count). The zero-order valence-corrected chi connectivity index (χ0v) is 11.2. The molecule has 21 heavy (non-hydrogen) atoms. The molecule has 0 bridgehead atoms. The maximum atomic E-state index is 12.0. The number of amides is 1. The molecule has 0 fully saturated rings. The van der Waals surface area contributed by atoms with Crippen LogP contribution in [0.1, 0.15) is 11.4 Å². The molecule has 7 heteroatoms. The van der Waals surface area contributed by atoms with Crippen molar-refractivity contribution >= 4 is 16.8 Å². The van der Waals surface area contributed by atoms with Crippen LogP contribution in [0.5, 0.6) is 0 Å². The molecule has 0 saturated heterocycles. The summed E-state index contributed by atoms with van der Waals surface area (Å²) in [5.74, 6) is 0.174. The average Bonchev–Trinajstić information content (AvgIpc) is 3.15. The number of aromatic amines is 1. The molecule has 4 N–H and O–H groups in total. The molecule has 108 valence electrons. The van der Waals surface area contributed by atoms with Gasteiger partial charge in [0.2, 0.25) is 12.3 Å². The summed E-state index contributed by atoms with van der Waals surface area (Å²) in [4.78, 5) is 19.0. The van der Waals surface area contributed by atoms with Crippen molar-refractivity contribution in [2.45, 2.75) is 19.0 Å². The largest absolute Gasteiger partial charge is 0.361 e. The Hall–Kier alpha value is -2.67. The van der Waals surface area contributed by atoms with E-state index in [-0.39, 0.29) is 12.5 Å². The van der Waals surface area contributed by atoms with Crippen molar-refractivity contribution in [2.24, 2.45) is 5.73 Å².